The van der Waals surface area contributed by atoms with Crippen molar-refractivity contribution in [2.24, 2.45) is 0 Å². The van der Waals surface area contributed by atoms with Crippen molar-refractivity contribution in [1.29, 1.82) is 0 Å². The van der Waals surface area contributed by atoms with E-state index in [2.05, 4.69) is 62.4 Å². The monoisotopic (exact) mass is 234 g/mol. The zero-order chi connectivity index (χ0) is 12.5. The molecule has 0 fully saturated rings. The average Bonchev–Trinajstić information content (AvgIpc) is 2.76. The Morgan fingerprint density at radius 3 is 2.44 bits per heavy atom. The molecular formula is C18H18. The maximum absolute atomic E-state index is 2.27. The summed E-state index contributed by atoms with van der Waals surface area (Å²) in [7, 11) is 0. The normalized spacial score (nSPS) is 13.9. The molecule has 0 bridgehead atoms. The molecule has 0 N–H and O–H groups in total. The summed E-state index contributed by atoms with van der Waals surface area (Å²) in [6.07, 6.45) is 2.30. The first-order chi connectivity index (χ1) is 8.81. The van der Waals surface area contributed by atoms with Crippen molar-refractivity contribution < 1.29 is 0 Å². The lowest BCUT2D eigenvalue weighted by Crippen LogP contribution is -1.88. The Bertz CT molecular complexity index is 603. The maximum Gasteiger partial charge on any atom is -0.00550 e. The Hall–Kier alpha value is -1.82. The minimum absolute atomic E-state index is 1.14. The summed E-state index contributed by atoms with van der Waals surface area (Å²) < 4.78 is 0. The molecule has 3 rings (SSSR count). The van der Waals surface area contributed by atoms with Gasteiger partial charge in [-0.2, -0.15) is 0 Å². The molecular weight excluding hydrogens is 216 g/mol. The van der Waals surface area contributed by atoms with Gasteiger partial charge in [-0.25, -0.2) is 0 Å². The summed E-state index contributed by atoms with van der Waals surface area (Å²) in [4.78, 5) is 0. The Balaban J connectivity index is 2.21. The third-order valence-corrected chi connectivity index (χ3v) is 3.97. The van der Waals surface area contributed by atoms with Gasteiger partial charge < -0.3 is 0 Å². The summed E-state index contributed by atoms with van der Waals surface area (Å²) >= 11 is 0. The standard InChI is InChI=1S/C18H18/c1-3-14-12-16-10-7-11-17(18(16)13(14)2)15-8-5-4-6-9-15/h4-11H,3,12H2,1-2H3. The van der Waals surface area contributed by atoms with Gasteiger partial charge in [0.05, 0.1) is 0 Å². The van der Waals surface area contributed by atoms with Crippen molar-refractivity contribution >= 4 is 5.57 Å². The van der Waals surface area contributed by atoms with Gasteiger partial charge in [0.25, 0.3) is 0 Å². The molecule has 0 spiro atoms. The highest BCUT2D eigenvalue weighted by molar-refractivity contribution is 5.86. The van der Waals surface area contributed by atoms with E-state index in [1.165, 1.54) is 27.8 Å². The van der Waals surface area contributed by atoms with Crippen LogP contribution < -0.4 is 0 Å². The summed E-state index contributed by atoms with van der Waals surface area (Å²) in [6.45, 7) is 4.53. The predicted octanol–water partition coefficient (Wildman–Crippen LogP) is 5.09. The van der Waals surface area contributed by atoms with E-state index in [1.54, 1.807) is 5.57 Å². The summed E-state index contributed by atoms with van der Waals surface area (Å²) in [5.41, 5.74) is 8.76. The minimum atomic E-state index is 1.14. The Morgan fingerprint density at radius 1 is 0.944 bits per heavy atom. The molecule has 0 heteroatoms. The van der Waals surface area contributed by atoms with Gasteiger partial charge in [-0.1, -0.05) is 61.0 Å². The molecule has 90 valence electrons. The summed E-state index contributed by atoms with van der Waals surface area (Å²) in [5.74, 6) is 0. The van der Waals surface area contributed by atoms with Crippen LogP contribution in [0, 0.1) is 0 Å². The van der Waals surface area contributed by atoms with Gasteiger partial charge in [0.2, 0.25) is 0 Å². The van der Waals surface area contributed by atoms with Crippen LogP contribution >= 0.6 is 0 Å². The van der Waals surface area contributed by atoms with Gasteiger partial charge in [0.1, 0.15) is 0 Å². The zero-order valence-electron chi connectivity index (χ0n) is 11.0. The van der Waals surface area contributed by atoms with Crippen molar-refractivity contribution in [3.63, 3.8) is 0 Å². The molecule has 0 unspecified atom stereocenters. The van der Waals surface area contributed by atoms with E-state index in [4.69, 9.17) is 0 Å². The Kier molecular flexibility index (Phi) is 2.79. The van der Waals surface area contributed by atoms with Gasteiger partial charge >= 0.3 is 0 Å². The lowest BCUT2D eigenvalue weighted by molar-refractivity contribution is 1.03. The zero-order valence-corrected chi connectivity index (χ0v) is 11.0. The molecule has 0 amide bonds. The molecule has 0 nitrogen and oxygen atoms in total. The van der Waals surface area contributed by atoms with Crippen LogP contribution in [0.25, 0.3) is 16.7 Å². The van der Waals surface area contributed by atoms with Crippen LogP contribution in [0.4, 0.5) is 0 Å². The molecule has 0 atom stereocenters. The SMILES string of the molecule is CCC1=C(C)c2c(cccc2-c2ccccc2)C1. The molecule has 1 aliphatic carbocycles. The quantitative estimate of drug-likeness (QED) is 0.678. The molecule has 0 radical (unpaired) electrons. The number of hydrogen-bond acceptors (Lipinski definition) is 0. The van der Waals surface area contributed by atoms with Gasteiger partial charge in [-0.3, -0.25) is 0 Å². The fourth-order valence-corrected chi connectivity index (χ4v) is 2.98. The largest absolute Gasteiger partial charge is 0.0625 e. The van der Waals surface area contributed by atoms with Gasteiger partial charge in [-0.15, -0.1) is 0 Å². The van der Waals surface area contributed by atoms with Crippen LogP contribution in [-0.2, 0) is 6.42 Å². The van der Waals surface area contributed by atoms with Crippen LogP contribution in [0.3, 0.4) is 0 Å². The van der Waals surface area contributed by atoms with E-state index >= 15 is 0 Å². The first kappa shape index (κ1) is 11.3. The molecule has 0 saturated carbocycles. The Labute approximate surface area is 109 Å². The van der Waals surface area contributed by atoms with Crippen LogP contribution in [0.2, 0.25) is 0 Å². The fraction of sp³-hybridized carbons (Fsp3) is 0.222. The third kappa shape index (κ3) is 1.69. The van der Waals surface area contributed by atoms with E-state index in [-0.39, 0.29) is 0 Å². The van der Waals surface area contributed by atoms with Crippen molar-refractivity contribution in [2.75, 3.05) is 0 Å². The maximum atomic E-state index is 2.27. The van der Waals surface area contributed by atoms with E-state index in [0.29, 0.717) is 0 Å². The highest BCUT2D eigenvalue weighted by Gasteiger charge is 2.20. The number of allylic oxidation sites excluding steroid dienone is 2. The van der Waals surface area contributed by atoms with Crippen LogP contribution in [0.15, 0.2) is 54.1 Å². The highest BCUT2D eigenvalue weighted by Crippen LogP contribution is 2.40. The van der Waals surface area contributed by atoms with Crippen molar-refractivity contribution in [3.05, 3.63) is 65.2 Å². The molecule has 18 heavy (non-hydrogen) atoms. The first-order valence-corrected chi connectivity index (χ1v) is 6.67. The second-order valence-electron chi connectivity index (χ2n) is 4.96. The topological polar surface area (TPSA) is 0 Å². The van der Waals surface area contributed by atoms with Crippen molar-refractivity contribution in [1.82, 2.24) is 0 Å². The predicted molar refractivity (Wildman–Crippen MR) is 78.5 cm³/mol. The lowest BCUT2D eigenvalue weighted by atomic mass is 9.94. The van der Waals surface area contributed by atoms with Crippen LogP contribution in [-0.4, -0.2) is 0 Å². The minimum Gasteiger partial charge on any atom is -0.0625 e. The second kappa shape index (κ2) is 4.45. The molecule has 0 saturated heterocycles. The molecule has 2 aromatic rings. The second-order valence-corrected chi connectivity index (χ2v) is 4.96. The fourth-order valence-electron chi connectivity index (χ4n) is 2.98. The van der Waals surface area contributed by atoms with E-state index in [1.807, 2.05) is 0 Å². The third-order valence-electron chi connectivity index (χ3n) is 3.97. The smallest absolute Gasteiger partial charge is 0.00550 e. The highest BCUT2D eigenvalue weighted by atomic mass is 14.2. The Morgan fingerprint density at radius 2 is 1.72 bits per heavy atom. The molecule has 0 aliphatic heterocycles. The van der Waals surface area contributed by atoms with E-state index < -0.39 is 0 Å². The first-order valence-electron chi connectivity index (χ1n) is 6.67. The van der Waals surface area contributed by atoms with Gasteiger partial charge in [0.15, 0.2) is 0 Å². The number of benzene rings is 2. The number of rotatable bonds is 2. The van der Waals surface area contributed by atoms with Crippen LogP contribution in [0.5, 0.6) is 0 Å². The molecule has 1 aliphatic rings. The van der Waals surface area contributed by atoms with Crippen LogP contribution in [0.1, 0.15) is 31.4 Å². The number of fused-ring (bicyclic) bond motifs is 1. The van der Waals surface area contributed by atoms with E-state index in [9.17, 15) is 0 Å². The molecule has 0 aromatic heterocycles. The van der Waals surface area contributed by atoms with E-state index in [0.717, 1.165) is 12.8 Å². The summed E-state index contributed by atoms with van der Waals surface area (Å²) in [6, 6.07) is 17.4. The van der Waals surface area contributed by atoms with Crippen molar-refractivity contribution in [3.8, 4) is 11.1 Å². The molecule has 0 heterocycles. The average molecular weight is 234 g/mol. The lowest BCUT2D eigenvalue weighted by Gasteiger charge is -2.10. The summed E-state index contributed by atoms with van der Waals surface area (Å²) in [5, 5.41) is 0. The van der Waals surface area contributed by atoms with Gasteiger partial charge in [0, 0.05) is 0 Å². The number of hydrogen-bond donors (Lipinski definition) is 0. The van der Waals surface area contributed by atoms with Gasteiger partial charge in [-0.05, 0) is 47.6 Å². The molecule has 2 aromatic carbocycles. The van der Waals surface area contributed by atoms with Crippen molar-refractivity contribution in [2.45, 2.75) is 26.7 Å².